The molecule has 0 saturated carbocycles. The van der Waals surface area contributed by atoms with E-state index in [1.54, 1.807) is 4.90 Å². The van der Waals surface area contributed by atoms with E-state index in [0.29, 0.717) is 13.0 Å². The number of rotatable bonds is 5. The van der Waals surface area contributed by atoms with Crippen molar-refractivity contribution in [2.24, 2.45) is 5.73 Å². The van der Waals surface area contributed by atoms with Crippen molar-refractivity contribution in [1.29, 1.82) is 0 Å². The molecule has 146 valence electrons. The van der Waals surface area contributed by atoms with Gasteiger partial charge in [-0.1, -0.05) is 48.0 Å². The first-order valence-electron chi connectivity index (χ1n) is 9.18. The van der Waals surface area contributed by atoms with Crippen LogP contribution in [0.1, 0.15) is 11.1 Å². The standard InChI is InChI=1S/C21H24N4O3/c1-15-7-9-17(10-8-15)24-13-18(11-16-5-3-2-4-6-16)25(14-20(24)27)19(26)12-23-21(22)28/h2-10,18H,11-14H2,1H3,(H3,22,23,28)/t18-/m1/s1. The average Bonchev–Trinajstić information content (AvgIpc) is 2.68. The van der Waals surface area contributed by atoms with E-state index < -0.39 is 6.03 Å². The van der Waals surface area contributed by atoms with Crippen molar-refractivity contribution in [3.8, 4) is 0 Å². The number of benzene rings is 2. The number of piperazine rings is 1. The molecule has 1 atom stereocenters. The molecule has 0 bridgehead atoms. The van der Waals surface area contributed by atoms with Crippen LogP contribution < -0.4 is 16.0 Å². The second kappa shape index (κ2) is 8.56. The summed E-state index contributed by atoms with van der Waals surface area (Å²) in [5, 5.41) is 2.31. The van der Waals surface area contributed by atoms with E-state index in [1.165, 1.54) is 4.90 Å². The van der Waals surface area contributed by atoms with Gasteiger partial charge in [-0.3, -0.25) is 9.59 Å². The van der Waals surface area contributed by atoms with Gasteiger partial charge < -0.3 is 20.9 Å². The number of anilines is 1. The van der Waals surface area contributed by atoms with E-state index in [0.717, 1.165) is 16.8 Å². The molecule has 0 aromatic heterocycles. The Labute approximate surface area is 164 Å². The highest BCUT2D eigenvalue weighted by molar-refractivity contribution is 5.98. The smallest absolute Gasteiger partial charge is 0.312 e. The van der Waals surface area contributed by atoms with Crippen molar-refractivity contribution in [2.75, 3.05) is 24.5 Å². The van der Waals surface area contributed by atoms with Crippen LogP contribution in [-0.2, 0) is 16.0 Å². The normalized spacial score (nSPS) is 16.8. The van der Waals surface area contributed by atoms with E-state index in [1.807, 2.05) is 61.5 Å². The van der Waals surface area contributed by atoms with Crippen molar-refractivity contribution in [3.63, 3.8) is 0 Å². The summed E-state index contributed by atoms with van der Waals surface area (Å²) in [7, 11) is 0. The topological polar surface area (TPSA) is 95.7 Å². The molecule has 1 fully saturated rings. The highest BCUT2D eigenvalue weighted by Crippen LogP contribution is 2.23. The van der Waals surface area contributed by atoms with Crippen LogP contribution in [0.3, 0.4) is 0 Å². The fourth-order valence-corrected chi connectivity index (χ4v) is 3.36. The van der Waals surface area contributed by atoms with Gasteiger partial charge in [-0.25, -0.2) is 4.79 Å². The predicted octanol–water partition coefficient (Wildman–Crippen LogP) is 1.45. The summed E-state index contributed by atoms with van der Waals surface area (Å²) in [6.07, 6.45) is 0.610. The SMILES string of the molecule is Cc1ccc(N2C[C@@H](Cc3ccccc3)N(C(=O)CNC(N)=O)CC2=O)cc1. The minimum Gasteiger partial charge on any atom is -0.352 e. The Balaban J connectivity index is 1.83. The first-order valence-corrected chi connectivity index (χ1v) is 9.18. The first-order chi connectivity index (χ1) is 13.4. The van der Waals surface area contributed by atoms with Crippen LogP contribution in [0.5, 0.6) is 0 Å². The first kappa shape index (κ1) is 19.4. The summed E-state index contributed by atoms with van der Waals surface area (Å²) >= 11 is 0. The highest BCUT2D eigenvalue weighted by Gasteiger charge is 2.35. The Bertz CT molecular complexity index is 852. The summed E-state index contributed by atoms with van der Waals surface area (Å²) in [5.41, 5.74) is 8.08. The molecular weight excluding hydrogens is 356 g/mol. The van der Waals surface area contributed by atoms with E-state index in [-0.39, 0.29) is 30.9 Å². The lowest BCUT2D eigenvalue weighted by Gasteiger charge is -2.41. The number of carbonyl (C=O) groups excluding carboxylic acids is 3. The number of hydrogen-bond acceptors (Lipinski definition) is 3. The highest BCUT2D eigenvalue weighted by atomic mass is 16.2. The predicted molar refractivity (Wildman–Crippen MR) is 107 cm³/mol. The van der Waals surface area contributed by atoms with Gasteiger partial charge in [0.15, 0.2) is 0 Å². The number of carbonyl (C=O) groups is 3. The maximum absolute atomic E-state index is 12.8. The maximum atomic E-state index is 12.8. The van der Waals surface area contributed by atoms with Gasteiger partial charge in [0.2, 0.25) is 11.8 Å². The number of aryl methyl sites for hydroxylation is 1. The lowest BCUT2D eigenvalue weighted by Crippen LogP contribution is -2.60. The van der Waals surface area contributed by atoms with Crippen molar-refractivity contribution in [3.05, 3.63) is 65.7 Å². The lowest BCUT2D eigenvalue weighted by atomic mass is 10.0. The zero-order valence-corrected chi connectivity index (χ0v) is 15.8. The van der Waals surface area contributed by atoms with E-state index in [9.17, 15) is 14.4 Å². The molecule has 2 aromatic rings. The van der Waals surface area contributed by atoms with Crippen molar-refractivity contribution < 1.29 is 14.4 Å². The Morgan fingerprint density at radius 1 is 1.11 bits per heavy atom. The van der Waals surface area contributed by atoms with Gasteiger partial charge in [0.25, 0.3) is 0 Å². The molecule has 1 saturated heterocycles. The summed E-state index contributed by atoms with van der Waals surface area (Å²) in [5.74, 6) is -0.475. The number of nitrogens with two attached hydrogens (primary N) is 1. The van der Waals surface area contributed by atoms with Crippen LogP contribution in [0.2, 0.25) is 0 Å². The quantitative estimate of drug-likeness (QED) is 0.822. The molecule has 1 aliphatic heterocycles. The zero-order chi connectivity index (χ0) is 20.1. The van der Waals surface area contributed by atoms with Crippen molar-refractivity contribution >= 4 is 23.5 Å². The molecule has 1 heterocycles. The average molecular weight is 380 g/mol. The fourth-order valence-electron chi connectivity index (χ4n) is 3.36. The van der Waals surface area contributed by atoms with Crippen molar-refractivity contribution in [2.45, 2.75) is 19.4 Å². The molecule has 1 aliphatic rings. The van der Waals surface area contributed by atoms with Crippen molar-refractivity contribution in [1.82, 2.24) is 10.2 Å². The second-order valence-corrected chi connectivity index (χ2v) is 6.92. The minimum atomic E-state index is -0.766. The van der Waals surface area contributed by atoms with Crippen LogP contribution in [0.15, 0.2) is 54.6 Å². The van der Waals surface area contributed by atoms with Crippen LogP contribution in [0.4, 0.5) is 10.5 Å². The number of nitrogens with zero attached hydrogens (tertiary/aromatic N) is 2. The number of urea groups is 1. The molecule has 0 radical (unpaired) electrons. The third-order valence-corrected chi connectivity index (χ3v) is 4.83. The minimum absolute atomic E-state index is 0.0371. The molecule has 28 heavy (non-hydrogen) atoms. The Morgan fingerprint density at radius 3 is 2.43 bits per heavy atom. The maximum Gasteiger partial charge on any atom is 0.312 e. The Morgan fingerprint density at radius 2 is 1.79 bits per heavy atom. The fraction of sp³-hybridized carbons (Fsp3) is 0.286. The molecule has 0 aliphatic carbocycles. The Kier molecular flexibility index (Phi) is 5.93. The Hall–Kier alpha value is -3.35. The summed E-state index contributed by atoms with van der Waals surface area (Å²) in [4.78, 5) is 39.6. The second-order valence-electron chi connectivity index (χ2n) is 6.92. The van der Waals surface area contributed by atoms with Crippen LogP contribution in [0, 0.1) is 6.92 Å². The number of primary amides is 1. The van der Waals surface area contributed by atoms with Gasteiger partial charge in [0.05, 0.1) is 12.6 Å². The largest absolute Gasteiger partial charge is 0.352 e. The molecule has 7 heteroatoms. The molecular formula is C21H24N4O3. The molecule has 0 spiro atoms. The van der Waals surface area contributed by atoms with Crippen LogP contribution in [-0.4, -0.2) is 48.4 Å². The van der Waals surface area contributed by atoms with E-state index in [2.05, 4.69) is 5.32 Å². The van der Waals surface area contributed by atoms with Gasteiger partial charge >= 0.3 is 6.03 Å². The third kappa shape index (κ3) is 4.68. The van der Waals surface area contributed by atoms with E-state index >= 15 is 0 Å². The molecule has 3 rings (SSSR count). The van der Waals surface area contributed by atoms with E-state index in [4.69, 9.17) is 5.73 Å². The van der Waals surface area contributed by atoms with Gasteiger partial charge in [0, 0.05) is 12.2 Å². The summed E-state index contributed by atoms with van der Waals surface area (Å²) < 4.78 is 0. The van der Waals surface area contributed by atoms with Gasteiger partial charge in [0.1, 0.15) is 6.54 Å². The third-order valence-electron chi connectivity index (χ3n) is 4.83. The molecule has 0 unspecified atom stereocenters. The number of amides is 4. The van der Waals surface area contributed by atoms with Crippen LogP contribution in [0.25, 0.3) is 0 Å². The summed E-state index contributed by atoms with van der Waals surface area (Å²) in [6.45, 7) is 2.12. The molecule has 3 N–H and O–H groups in total. The monoisotopic (exact) mass is 380 g/mol. The van der Waals surface area contributed by atoms with Gasteiger partial charge in [-0.05, 0) is 31.0 Å². The lowest BCUT2D eigenvalue weighted by molar-refractivity contribution is -0.138. The number of hydrogen-bond donors (Lipinski definition) is 2. The van der Waals surface area contributed by atoms with Crippen LogP contribution >= 0.6 is 0 Å². The molecule has 4 amide bonds. The molecule has 2 aromatic carbocycles. The van der Waals surface area contributed by atoms with Gasteiger partial charge in [-0.15, -0.1) is 0 Å². The molecule has 7 nitrogen and oxygen atoms in total. The summed E-state index contributed by atoms with van der Waals surface area (Å²) in [6, 6.07) is 16.6. The zero-order valence-electron chi connectivity index (χ0n) is 15.8. The van der Waals surface area contributed by atoms with Gasteiger partial charge in [-0.2, -0.15) is 0 Å². The number of nitrogens with one attached hydrogen (secondary N) is 1.